The van der Waals surface area contributed by atoms with E-state index in [1.807, 2.05) is 19.9 Å². The second kappa shape index (κ2) is 2.05. The lowest BCUT2D eigenvalue weighted by Crippen LogP contribution is -1.81. The summed E-state index contributed by atoms with van der Waals surface area (Å²) in [5, 5.41) is 8.98. The minimum absolute atomic E-state index is 0.264. The van der Waals surface area contributed by atoms with Crippen molar-refractivity contribution in [3.63, 3.8) is 0 Å². The highest BCUT2D eigenvalue weighted by Crippen LogP contribution is 2.12. The van der Waals surface area contributed by atoms with Crippen LogP contribution in [0.2, 0.25) is 0 Å². The van der Waals surface area contributed by atoms with E-state index in [0.29, 0.717) is 0 Å². The molecule has 0 aliphatic heterocycles. The van der Waals surface area contributed by atoms with Crippen molar-refractivity contribution in [3.8, 4) is 5.75 Å². The summed E-state index contributed by atoms with van der Waals surface area (Å²) < 4.78 is 0. The average molecular weight is 123 g/mol. The van der Waals surface area contributed by atoms with Gasteiger partial charge in [-0.25, -0.2) is 0 Å². The van der Waals surface area contributed by atoms with E-state index in [1.165, 1.54) is 6.20 Å². The van der Waals surface area contributed by atoms with Gasteiger partial charge < -0.3 is 5.11 Å². The van der Waals surface area contributed by atoms with Crippen molar-refractivity contribution in [2.24, 2.45) is 0 Å². The van der Waals surface area contributed by atoms with Crippen LogP contribution in [0.5, 0.6) is 5.75 Å². The van der Waals surface area contributed by atoms with Crippen LogP contribution in [0.3, 0.4) is 0 Å². The summed E-state index contributed by atoms with van der Waals surface area (Å²) in [5.41, 5.74) is 1.81. The van der Waals surface area contributed by atoms with E-state index in [2.05, 4.69) is 4.98 Å². The predicted molar refractivity (Wildman–Crippen MR) is 35.4 cm³/mol. The average Bonchev–Trinajstić information content (AvgIpc) is 1.80. The molecule has 0 saturated heterocycles. The van der Waals surface area contributed by atoms with Crippen LogP contribution in [0.1, 0.15) is 11.3 Å². The lowest BCUT2D eigenvalue weighted by Gasteiger charge is -1.96. The fourth-order valence-corrected chi connectivity index (χ4v) is 0.689. The van der Waals surface area contributed by atoms with Gasteiger partial charge in [0.2, 0.25) is 0 Å². The molecule has 2 nitrogen and oxygen atoms in total. The first kappa shape index (κ1) is 6.08. The van der Waals surface area contributed by atoms with Gasteiger partial charge in [-0.3, -0.25) is 4.98 Å². The van der Waals surface area contributed by atoms with Crippen molar-refractivity contribution < 1.29 is 5.11 Å². The molecule has 0 radical (unpaired) electrons. The predicted octanol–water partition coefficient (Wildman–Crippen LogP) is 1.40. The standard InChI is InChI=1S/C7H9NO/c1-5-3-6(2)8-4-7(5)9/h3-4,9H,1-2H3. The van der Waals surface area contributed by atoms with Crippen molar-refractivity contribution in [3.05, 3.63) is 23.5 Å². The number of hydrogen-bond acceptors (Lipinski definition) is 2. The van der Waals surface area contributed by atoms with Crippen LogP contribution in [0.4, 0.5) is 0 Å². The van der Waals surface area contributed by atoms with Gasteiger partial charge in [-0.05, 0) is 25.5 Å². The summed E-state index contributed by atoms with van der Waals surface area (Å²) >= 11 is 0. The lowest BCUT2D eigenvalue weighted by atomic mass is 10.2. The van der Waals surface area contributed by atoms with Gasteiger partial charge in [-0.15, -0.1) is 0 Å². The van der Waals surface area contributed by atoms with Crippen LogP contribution in [-0.4, -0.2) is 10.1 Å². The Kier molecular flexibility index (Phi) is 1.39. The molecule has 0 bridgehead atoms. The summed E-state index contributed by atoms with van der Waals surface area (Å²) in [7, 11) is 0. The Morgan fingerprint density at radius 1 is 1.44 bits per heavy atom. The topological polar surface area (TPSA) is 33.1 Å². The highest BCUT2D eigenvalue weighted by atomic mass is 16.3. The third-order valence-electron chi connectivity index (χ3n) is 1.22. The van der Waals surface area contributed by atoms with Crippen molar-refractivity contribution in [1.82, 2.24) is 4.98 Å². The summed E-state index contributed by atoms with van der Waals surface area (Å²) in [6.07, 6.45) is 1.46. The maximum atomic E-state index is 8.98. The molecule has 0 saturated carbocycles. The maximum Gasteiger partial charge on any atom is 0.136 e. The first-order valence-electron chi connectivity index (χ1n) is 2.82. The van der Waals surface area contributed by atoms with Crippen LogP contribution in [0, 0.1) is 13.8 Å². The van der Waals surface area contributed by atoms with Gasteiger partial charge in [0.15, 0.2) is 0 Å². The molecule has 0 atom stereocenters. The third-order valence-corrected chi connectivity index (χ3v) is 1.22. The fraction of sp³-hybridized carbons (Fsp3) is 0.286. The Hall–Kier alpha value is -1.05. The van der Waals surface area contributed by atoms with Crippen molar-refractivity contribution >= 4 is 0 Å². The summed E-state index contributed by atoms with van der Waals surface area (Å²) in [6.45, 7) is 3.75. The number of aromatic nitrogens is 1. The molecule has 0 aliphatic rings. The van der Waals surface area contributed by atoms with Crippen LogP contribution in [-0.2, 0) is 0 Å². The van der Waals surface area contributed by atoms with E-state index in [-0.39, 0.29) is 5.75 Å². The molecular formula is C7H9NO. The first-order chi connectivity index (χ1) is 4.20. The summed E-state index contributed by atoms with van der Waals surface area (Å²) in [4.78, 5) is 3.89. The number of nitrogens with zero attached hydrogens (tertiary/aromatic N) is 1. The molecule has 0 unspecified atom stereocenters. The lowest BCUT2D eigenvalue weighted by molar-refractivity contribution is 0.468. The van der Waals surface area contributed by atoms with Crippen LogP contribution in [0.15, 0.2) is 12.3 Å². The summed E-state index contributed by atoms with van der Waals surface area (Å²) in [6, 6.07) is 1.84. The SMILES string of the molecule is Cc1cc(C)c(O)cn1. The molecule has 48 valence electrons. The number of aryl methyl sites for hydroxylation is 2. The van der Waals surface area contributed by atoms with Crippen molar-refractivity contribution in [1.29, 1.82) is 0 Å². The number of aromatic hydroxyl groups is 1. The molecule has 0 fully saturated rings. The number of hydrogen-bond donors (Lipinski definition) is 1. The van der Waals surface area contributed by atoms with Gasteiger partial charge in [0.25, 0.3) is 0 Å². The zero-order valence-corrected chi connectivity index (χ0v) is 5.55. The zero-order chi connectivity index (χ0) is 6.85. The quantitative estimate of drug-likeness (QED) is 0.565. The maximum absolute atomic E-state index is 8.98. The van der Waals surface area contributed by atoms with Gasteiger partial charge in [-0.2, -0.15) is 0 Å². The Morgan fingerprint density at radius 3 is 2.56 bits per heavy atom. The van der Waals surface area contributed by atoms with E-state index in [9.17, 15) is 0 Å². The monoisotopic (exact) mass is 123 g/mol. The molecule has 1 heterocycles. The molecular weight excluding hydrogens is 114 g/mol. The molecule has 2 heteroatoms. The fourth-order valence-electron chi connectivity index (χ4n) is 0.689. The summed E-state index contributed by atoms with van der Waals surface area (Å²) in [5.74, 6) is 0.264. The molecule has 1 rings (SSSR count). The highest BCUT2D eigenvalue weighted by Gasteiger charge is 1.93. The van der Waals surface area contributed by atoms with Gasteiger partial charge in [0, 0.05) is 5.69 Å². The molecule has 1 N–H and O–H groups in total. The smallest absolute Gasteiger partial charge is 0.136 e. The second-order valence-electron chi connectivity index (χ2n) is 2.11. The Labute approximate surface area is 54.2 Å². The molecule has 9 heavy (non-hydrogen) atoms. The van der Waals surface area contributed by atoms with E-state index >= 15 is 0 Å². The van der Waals surface area contributed by atoms with Crippen molar-refractivity contribution in [2.75, 3.05) is 0 Å². The molecule has 0 spiro atoms. The normalized spacial score (nSPS) is 9.56. The largest absolute Gasteiger partial charge is 0.506 e. The Morgan fingerprint density at radius 2 is 2.11 bits per heavy atom. The van der Waals surface area contributed by atoms with E-state index < -0.39 is 0 Å². The van der Waals surface area contributed by atoms with Crippen molar-refractivity contribution in [2.45, 2.75) is 13.8 Å². The number of pyridine rings is 1. The zero-order valence-electron chi connectivity index (χ0n) is 5.55. The third kappa shape index (κ3) is 1.19. The van der Waals surface area contributed by atoms with E-state index in [4.69, 9.17) is 5.11 Å². The Balaban J connectivity index is 3.17. The second-order valence-corrected chi connectivity index (χ2v) is 2.11. The van der Waals surface area contributed by atoms with Gasteiger partial charge in [-0.1, -0.05) is 0 Å². The molecule has 0 aromatic carbocycles. The Bertz CT molecular complexity index is 220. The van der Waals surface area contributed by atoms with Crippen LogP contribution in [0.25, 0.3) is 0 Å². The van der Waals surface area contributed by atoms with Gasteiger partial charge in [0.05, 0.1) is 6.20 Å². The first-order valence-corrected chi connectivity index (χ1v) is 2.82. The van der Waals surface area contributed by atoms with E-state index in [1.54, 1.807) is 0 Å². The van der Waals surface area contributed by atoms with Crippen LogP contribution >= 0.6 is 0 Å². The molecule has 1 aromatic heterocycles. The highest BCUT2D eigenvalue weighted by molar-refractivity contribution is 5.28. The molecule has 0 aliphatic carbocycles. The van der Waals surface area contributed by atoms with Crippen LogP contribution < -0.4 is 0 Å². The number of rotatable bonds is 0. The van der Waals surface area contributed by atoms with E-state index in [0.717, 1.165) is 11.3 Å². The minimum atomic E-state index is 0.264. The van der Waals surface area contributed by atoms with Gasteiger partial charge in [0.1, 0.15) is 5.75 Å². The molecule has 1 aromatic rings. The van der Waals surface area contributed by atoms with Gasteiger partial charge >= 0.3 is 0 Å². The minimum Gasteiger partial charge on any atom is -0.506 e. The molecule has 0 amide bonds.